The Morgan fingerprint density at radius 3 is 2.86 bits per heavy atom. The van der Waals surface area contributed by atoms with Gasteiger partial charge in [-0.15, -0.1) is 0 Å². The van der Waals surface area contributed by atoms with Crippen molar-refractivity contribution < 1.29 is 0 Å². The molecule has 0 heterocycles. The van der Waals surface area contributed by atoms with Crippen LogP contribution in [0.1, 0.15) is 13.8 Å². The van der Waals surface area contributed by atoms with Gasteiger partial charge in [-0.25, -0.2) is 0 Å². The summed E-state index contributed by atoms with van der Waals surface area (Å²) in [6.07, 6.45) is 0. The smallest absolute Gasteiger partial charge is 0.0426 e. The Hall–Kier alpha value is -0.340. The van der Waals surface area contributed by atoms with Crippen LogP contribution >= 0.6 is 23.4 Å². The van der Waals surface area contributed by atoms with Gasteiger partial charge in [0.25, 0.3) is 0 Å². The Bertz CT molecular complexity index is 276. The molecule has 0 bridgehead atoms. The normalized spacial score (nSPS) is 10.6. The van der Waals surface area contributed by atoms with Crippen LogP contribution in [0.15, 0.2) is 24.3 Å². The second kappa shape index (κ2) is 6.20. The third-order valence-corrected chi connectivity index (χ3v) is 3.05. The highest BCUT2D eigenvalue weighted by atomic mass is 35.5. The van der Waals surface area contributed by atoms with Crippen LogP contribution in [0.25, 0.3) is 0 Å². The van der Waals surface area contributed by atoms with E-state index >= 15 is 0 Å². The van der Waals surface area contributed by atoms with E-state index in [0.29, 0.717) is 5.25 Å². The first-order valence-corrected chi connectivity index (χ1v) is 6.22. The molecule has 0 aliphatic carbocycles. The summed E-state index contributed by atoms with van der Waals surface area (Å²) >= 11 is 7.82. The molecule has 0 aromatic heterocycles. The lowest BCUT2D eigenvalue weighted by atomic mass is 10.3. The molecule has 14 heavy (non-hydrogen) atoms. The summed E-state index contributed by atoms with van der Waals surface area (Å²) in [4.78, 5) is 0. The van der Waals surface area contributed by atoms with Gasteiger partial charge in [0.15, 0.2) is 0 Å². The second-order valence-corrected chi connectivity index (χ2v) is 5.48. The fourth-order valence-corrected chi connectivity index (χ4v) is 1.97. The van der Waals surface area contributed by atoms with Crippen LogP contribution in [0.5, 0.6) is 0 Å². The first-order valence-electron chi connectivity index (χ1n) is 4.79. The summed E-state index contributed by atoms with van der Waals surface area (Å²) in [5.74, 6) is 1.13. The first-order chi connectivity index (χ1) is 6.68. The molecule has 0 unspecified atom stereocenters. The average Bonchev–Trinajstić information content (AvgIpc) is 2.12. The van der Waals surface area contributed by atoms with E-state index in [1.165, 1.54) is 0 Å². The van der Waals surface area contributed by atoms with Gasteiger partial charge in [-0.2, -0.15) is 11.8 Å². The third-order valence-electron chi connectivity index (χ3n) is 1.71. The fraction of sp³-hybridized carbons (Fsp3) is 0.455. The van der Waals surface area contributed by atoms with Crippen LogP contribution in [-0.4, -0.2) is 17.5 Å². The van der Waals surface area contributed by atoms with E-state index in [0.717, 1.165) is 23.0 Å². The minimum absolute atomic E-state index is 0.705. The van der Waals surface area contributed by atoms with E-state index < -0.39 is 0 Å². The Balaban J connectivity index is 2.25. The predicted molar refractivity (Wildman–Crippen MR) is 67.5 cm³/mol. The quantitative estimate of drug-likeness (QED) is 0.769. The van der Waals surface area contributed by atoms with E-state index in [9.17, 15) is 0 Å². The van der Waals surface area contributed by atoms with Crippen LogP contribution in [-0.2, 0) is 0 Å². The molecule has 0 fully saturated rings. The van der Waals surface area contributed by atoms with Crippen LogP contribution in [0.2, 0.25) is 5.02 Å². The number of rotatable bonds is 5. The van der Waals surface area contributed by atoms with E-state index in [-0.39, 0.29) is 0 Å². The molecule has 1 aromatic carbocycles. The highest BCUT2D eigenvalue weighted by Crippen LogP contribution is 2.15. The van der Waals surface area contributed by atoms with Gasteiger partial charge in [0.2, 0.25) is 0 Å². The lowest BCUT2D eigenvalue weighted by Crippen LogP contribution is -2.05. The number of anilines is 1. The monoisotopic (exact) mass is 229 g/mol. The standard InChI is InChI=1S/C11H16ClNS/c1-9(2)14-7-6-13-11-5-3-4-10(12)8-11/h3-5,8-9,13H,6-7H2,1-2H3. The van der Waals surface area contributed by atoms with Gasteiger partial charge in [-0.05, 0) is 23.4 Å². The van der Waals surface area contributed by atoms with E-state index in [2.05, 4.69) is 19.2 Å². The van der Waals surface area contributed by atoms with Crippen LogP contribution in [0.3, 0.4) is 0 Å². The van der Waals surface area contributed by atoms with Gasteiger partial charge >= 0.3 is 0 Å². The highest BCUT2D eigenvalue weighted by molar-refractivity contribution is 7.99. The summed E-state index contributed by atoms with van der Waals surface area (Å²) in [6.45, 7) is 5.41. The minimum atomic E-state index is 0.705. The highest BCUT2D eigenvalue weighted by Gasteiger charge is 1.95. The maximum absolute atomic E-state index is 5.86. The van der Waals surface area contributed by atoms with Gasteiger partial charge in [0, 0.05) is 23.0 Å². The molecule has 0 atom stereocenters. The van der Waals surface area contributed by atoms with E-state index in [1.54, 1.807) is 0 Å². The Kier molecular flexibility index (Phi) is 5.20. The topological polar surface area (TPSA) is 12.0 Å². The molecule has 1 rings (SSSR count). The zero-order chi connectivity index (χ0) is 10.4. The van der Waals surface area contributed by atoms with Gasteiger partial charge < -0.3 is 5.32 Å². The van der Waals surface area contributed by atoms with Crippen LogP contribution in [0, 0.1) is 0 Å². The second-order valence-electron chi connectivity index (χ2n) is 3.36. The largest absolute Gasteiger partial charge is 0.384 e. The molecule has 1 nitrogen and oxygen atoms in total. The fourth-order valence-electron chi connectivity index (χ4n) is 1.09. The van der Waals surface area contributed by atoms with E-state index in [4.69, 9.17) is 11.6 Å². The molecule has 3 heteroatoms. The maximum Gasteiger partial charge on any atom is 0.0426 e. The lowest BCUT2D eigenvalue weighted by Gasteiger charge is -2.07. The van der Waals surface area contributed by atoms with Crippen molar-refractivity contribution in [2.75, 3.05) is 17.6 Å². The Morgan fingerprint density at radius 1 is 1.43 bits per heavy atom. The molecule has 0 aliphatic rings. The molecule has 1 N–H and O–H groups in total. The number of hydrogen-bond acceptors (Lipinski definition) is 2. The number of halogens is 1. The molecular formula is C11H16ClNS. The van der Waals surface area contributed by atoms with Crippen LogP contribution < -0.4 is 5.32 Å². The van der Waals surface area contributed by atoms with Crippen molar-refractivity contribution in [2.45, 2.75) is 19.1 Å². The SMILES string of the molecule is CC(C)SCCNc1cccc(Cl)c1. The summed E-state index contributed by atoms with van der Waals surface area (Å²) in [5.41, 5.74) is 1.10. The number of benzene rings is 1. The number of thioether (sulfide) groups is 1. The third kappa shape index (κ3) is 4.77. The van der Waals surface area contributed by atoms with Gasteiger partial charge in [-0.1, -0.05) is 31.5 Å². The van der Waals surface area contributed by atoms with Crippen molar-refractivity contribution in [2.24, 2.45) is 0 Å². The van der Waals surface area contributed by atoms with Gasteiger partial charge in [-0.3, -0.25) is 0 Å². The lowest BCUT2D eigenvalue weighted by molar-refractivity contribution is 1.10. The Labute approximate surface area is 95.2 Å². The number of hydrogen-bond donors (Lipinski definition) is 1. The maximum atomic E-state index is 5.86. The van der Waals surface area contributed by atoms with Crippen molar-refractivity contribution in [1.29, 1.82) is 0 Å². The summed E-state index contributed by atoms with van der Waals surface area (Å²) in [5, 5.41) is 4.82. The first kappa shape index (κ1) is 11.7. The predicted octanol–water partition coefficient (Wildman–Crippen LogP) is 3.89. The van der Waals surface area contributed by atoms with Gasteiger partial charge in [0.05, 0.1) is 0 Å². The molecule has 0 radical (unpaired) electrons. The molecule has 0 spiro atoms. The van der Waals surface area contributed by atoms with Crippen LogP contribution in [0.4, 0.5) is 5.69 Å². The molecule has 0 aliphatic heterocycles. The molecule has 78 valence electrons. The summed E-state index contributed by atoms with van der Waals surface area (Å²) in [6, 6.07) is 7.82. The molecule has 0 saturated carbocycles. The Morgan fingerprint density at radius 2 is 2.21 bits per heavy atom. The number of nitrogens with one attached hydrogen (secondary N) is 1. The van der Waals surface area contributed by atoms with Crippen molar-refractivity contribution in [3.63, 3.8) is 0 Å². The van der Waals surface area contributed by atoms with Crippen molar-refractivity contribution in [3.05, 3.63) is 29.3 Å². The van der Waals surface area contributed by atoms with Gasteiger partial charge in [0.1, 0.15) is 0 Å². The van der Waals surface area contributed by atoms with Crippen molar-refractivity contribution in [3.8, 4) is 0 Å². The summed E-state index contributed by atoms with van der Waals surface area (Å²) in [7, 11) is 0. The zero-order valence-corrected chi connectivity index (χ0v) is 10.2. The van der Waals surface area contributed by atoms with E-state index in [1.807, 2.05) is 36.0 Å². The average molecular weight is 230 g/mol. The molecule has 0 saturated heterocycles. The van der Waals surface area contributed by atoms with Crippen molar-refractivity contribution in [1.82, 2.24) is 0 Å². The molecule has 1 aromatic rings. The zero-order valence-electron chi connectivity index (χ0n) is 8.59. The molecular weight excluding hydrogens is 214 g/mol. The van der Waals surface area contributed by atoms with Crippen molar-refractivity contribution >= 4 is 29.1 Å². The molecule has 0 amide bonds. The summed E-state index contributed by atoms with van der Waals surface area (Å²) < 4.78 is 0. The minimum Gasteiger partial charge on any atom is -0.384 e.